The number of hydrogen-bond acceptors (Lipinski definition) is 7. The van der Waals surface area contributed by atoms with Crippen LogP contribution < -0.4 is 5.56 Å². The lowest BCUT2D eigenvalue weighted by atomic mass is 9.70. The van der Waals surface area contributed by atoms with E-state index in [9.17, 15) is 24.0 Å². The first kappa shape index (κ1) is 27.6. The van der Waals surface area contributed by atoms with E-state index in [0.29, 0.717) is 40.0 Å². The van der Waals surface area contributed by atoms with Gasteiger partial charge in [0.05, 0.1) is 29.0 Å². The Morgan fingerprint density at radius 2 is 1.76 bits per heavy atom. The number of halogens is 1. The SMILES string of the molecule is CC[C@@]1(C(=O)CCN2C(=O)c3cccc4c(Br)ccc(c34)C2=O)C(=O)OCc2c1cc1n(c2=O)Cc2cc3ccccc3nc2-1. The number of benzene rings is 3. The minimum absolute atomic E-state index is 0.0383. The van der Waals surface area contributed by atoms with Gasteiger partial charge in [-0.05, 0) is 53.8 Å². The predicted octanol–water partition coefficient (Wildman–Crippen LogP) is 5.30. The Hall–Kier alpha value is -4.96. The molecule has 5 heterocycles. The molecular weight excluding hydrogens is 638 g/mol. The van der Waals surface area contributed by atoms with E-state index < -0.39 is 29.0 Å². The van der Waals surface area contributed by atoms with Crippen molar-refractivity contribution in [1.82, 2.24) is 14.5 Å². The molecule has 45 heavy (non-hydrogen) atoms. The van der Waals surface area contributed by atoms with Crippen LogP contribution in [0.2, 0.25) is 0 Å². The van der Waals surface area contributed by atoms with Crippen molar-refractivity contribution in [1.29, 1.82) is 0 Å². The first-order chi connectivity index (χ1) is 21.7. The van der Waals surface area contributed by atoms with Crippen LogP contribution in [-0.2, 0) is 32.9 Å². The van der Waals surface area contributed by atoms with Crippen LogP contribution in [-0.4, -0.2) is 44.6 Å². The normalized spacial score (nSPS) is 18.2. The molecular formula is C35H24BrN3O6. The number of fused-ring (bicyclic) bond motifs is 5. The summed E-state index contributed by atoms with van der Waals surface area (Å²) in [6.07, 6.45) is -0.254. The fourth-order valence-electron chi connectivity index (χ4n) is 7.14. The van der Waals surface area contributed by atoms with Gasteiger partial charge in [-0.2, -0.15) is 0 Å². The minimum atomic E-state index is -1.77. The minimum Gasteiger partial charge on any atom is -0.460 e. The summed E-state index contributed by atoms with van der Waals surface area (Å²) in [5.41, 5.74) is 2.00. The Kier molecular flexibility index (Phi) is 5.99. The molecule has 2 aromatic heterocycles. The number of esters is 1. The second kappa shape index (κ2) is 9.77. The van der Waals surface area contributed by atoms with Gasteiger partial charge in [0.15, 0.2) is 11.2 Å². The van der Waals surface area contributed by atoms with E-state index in [0.717, 1.165) is 31.2 Å². The van der Waals surface area contributed by atoms with Crippen molar-refractivity contribution < 1.29 is 23.9 Å². The molecule has 0 N–H and O–H groups in total. The highest BCUT2D eigenvalue weighted by atomic mass is 79.9. The molecule has 0 unspecified atom stereocenters. The average Bonchev–Trinajstić information content (AvgIpc) is 3.40. The van der Waals surface area contributed by atoms with Crippen molar-refractivity contribution in [3.63, 3.8) is 0 Å². The zero-order chi connectivity index (χ0) is 31.2. The van der Waals surface area contributed by atoms with E-state index in [1.165, 1.54) is 0 Å². The van der Waals surface area contributed by atoms with Crippen molar-refractivity contribution in [3.8, 4) is 11.4 Å². The molecule has 9 nitrogen and oxygen atoms in total. The number of ketones is 1. The average molecular weight is 662 g/mol. The largest absolute Gasteiger partial charge is 0.460 e. The highest BCUT2D eigenvalue weighted by Gasteiger charge is 2.52. The fraction of sp³-hybridized carbons (Fsp3) is 0.200. The molecule has 0 spiro atoms. The molecule has 0 radical (unpaired) electrons. The van der Waals surface area contributed by atoms with Gasteiger partial charge in [-0.25, -0.2) is 4.98 Å². The van der Waals surface area contributed by atoms with Gasteiger partial charge in [-0.15, -0.1) is 0 Å². The number of aromatic nitrogens is 2. The molecule has 2 amide bonds. The highest BCUT2D eigenvalue weighted by molar-refractivity contribution is 9.10. The first-order valence-electron chi connectivity index (χ1n) is 14.7. The van der Waals surface area contributed by atoms with Crippen LogP contribution >= 0.6 is 15.9 Å². The van der Waals surface area contributed by atoms with Gasteiger partial charge in [-0.1, -0.05) is 53.2 Å². The van der Waals surface area contributed by atoms with Gasteiger partial charge >= 0.3 is 5.97 Å². The lowest BCUT2D eigenvalue weighted by Gasteiger charge is -2.36. The van der Waals surface area contributed by atoms with Gasteiger partial charge in [0.2, 0.25) is 0 Å². The number of para-hydroxylation sites is 1. The van der Waals surface area contributed by atoms with Crippen LogP contribution in [0.5, 0.6) is 0 Å². The van der Waals surface area contributed by atoms with E-state index in [1.807, 2.05) is 36.4 Å². The summed E-state index contributed by atoms with van der Waals surface area (Å²) in [4.78, 5) is 74.6. The molecule has 222 valence electrons. The van der Waals surface area contributed by atoms with Gasteiger partial charge in [0, 0.05) is 44.9 Å². The Morgan fingerprint density at radius 1 is 0.978 bits per heavy atom. The molecule has 0 saturated carbocycles. The lowest BCUT2D eigenvalue weighted by molar-refractivity contribution is -0.158. The summed E-state index contributed by atoms with van der Waals surface area (Å²) < 4.78 is 7.88. The summed E-state index contributed by atoms with van der Waals surface area (Å²) in [7, 11) is 0. The number of nitrogens with zero attached hydrogens (tertiary/aromatic N) is 3. The topological polar surface area (TPSA) is 116 Å². The molecule has 3 aliphatic heterocycles. The first-order valence-corrected chi connectivity index (χ1v) is 15.5. The molecule has 5 aromatic rings. The molecule has 0 saturated heterocycles. The summed E-state index contributed by atoms with van der Waals surface area (Å²) in [6, 6.07) is 20.1. The number of pyridine rings is 2. The Bertz CT molecular complexity index is 2250. The zero-order valence-electron chi connectivity index (χ0n) is 24.1. The number of carbonyl (C=O) groups excluding carboxylic acids is 4. The molecule has 0 aliphatic carbocycles. The summed E-state index contributed by atoms with van der Waals surface area (Å²) >= 11 is 3.49. The summed E-state index contributed by atoms with van der Waals surface area (Å²) in [6.45, 7) is 1.55. The standard InChI is InChI=1S/C35H24BrN3O6/c1-2-35(28(40)12-13-38-31(41)21-8-5-7-20-25(36)11-10-22(29(20)21)32(38)42)24-15-27-30-19(14-18-6-3-4-9-26(18)37-30)16-39(27)33(43)23(24)17-45-34(35)44/h3-11,14-15H,2,12-13,16-17H2,1H3/t35-/m1/s1. The number of ether oxygens (including phenoxy) is 1. The van der Waals surface area contributed by atoms with Crippen LogP contribution in [0.25, 0.3) is 33.1 Å². The monoisotopic (exact) mass is 661 g/mol. The molecule has 0 bridgehead atoms. The smallest absolute Gasteiger partial charge is 0.324 e. The van der Waals surface area contributed by atoms with E-state index >= 15 is 0 Å². The molecule has 1 atom stereocenters. The van der Waals surface area contributed by atoms with Crippen molar-refractivity contribution in [2.75, 3.05) is 6.54 Å². The maximum absolute atomic E-state index is 14.2. The van der Waals surface area contributed by atoms with Crippen LogP contribution in [0.4, 0.5) is 0 Å². The second-order valence-electron chi connectivity index (χ2n) is 11.6. The van der Waals surface area contributed by atoms with Gasteiger partial charge < -0.3 is 9.30 Å². The molecule has 10 heteroatoms. The number of Topliss-reactive ketones (excluding diaryl/α,β-unsaturated/α-hetero) is 1. The van der Waals surface area contributed by atoms with Gasteiger partial charge in [0.1, 0.15) is 6.61 Å². The molecule has 0 fully saturated rings. The van der Waals surface area contributed by atoms with E-state index in [4.69, 9.17) is 9.72 Å². The highest BCUT2D eigenvalue weighted by Crippen LogP contribution is 2.42. The summed E-state index contributed by atoms with van der Waals surface area (Å²) in [5, 5.41) is 2.26. The third-order valence-electron chi connectivity index (χ3n) is 9.44. The Balaban J connectivity index is 1.18. The second-order valence-corrected chi connectivity index (χ2v) is 12.4. The number of amides is 2. The van der Waals surface area contributed by atoms with Crippen molar-refractivity contribution in [2.45, 2.75) is 38.3 Å². The maximum atomic E-state index is 14.2. The van der Waals surface area contributed by atoms with Crippen molar-refractivity contribution >= 4 is 61.2 Å². The van der Waals surface area contributed by atoms with Gasteiger partial charge in [0.25, 0.3) is 17.4 Å². The fourth-order valence-corrected chi connectivity index (χ4v) is 7.60. The predicted molar refractivity (Wildman–Crippen MR) is 169 cm³/mol. The lowest BCUT2D eigenvalue weighted by Crippen LogP contribution is -2.51. The number of hydrogen-bond donors (Lipinski definition) is 0. The number of cyclic esters (lactones) is 1. The van der Waals surface area contributed by atoms with E-state index in [2.05, 4.69) is 15.9 Å². The number of imide groups is 1. The van der Waals surface area contributed by atoms with Crippen LogP contribution in [0.1, 0.15) is 57.2 Å². The van der Waals surface area contributed by atoms with Crippen LogP contribution in [0.15, 0.2) is 76.0 Å². The maximum Gasteiger partial charge on any atom is 0.324 e. The Labute approximate surface area is 264 Å². The third kappa shape index (κ3) is 3.72. The van der Waals surface area contributed by atoms with Crippen molar-refractivity contribution in [3.05, 3.63) is 109 Å². The quantitative estimate of drug-likeness (QED) is 0.140. The summed E-state index contributed by atoms with van der Waals surface area (Å²) in [5.74, 6) is -2.28. The zero-order valence-corrected chi connectivity index (χ0v) is 25.6. The molecule has 3 aliphatic rings. The van der Waals surface area contributed by atoms with E-state index in [1.54, 1.807) is 41.8 Å². The van der Waals surface area contributed by atoms with Crippen LogP contribution in [0, 0.1) is 0 Å². The van der Waals surface area contributed by atoms with Gasteiger partial charge in [-0.3, -0.25) is 28.9 Å². The molecule has 8 rings (SSSR count). The van der Waals surface area contributed by atoms with E-state index in [-0.39, 0.29) is 37.1 Å². The molecule has 3 aromatic carbocycles. The van der Waals surface area contributed by atoms with Crippen LogP contribution in [0.3, 0.4) is 0 Å². The van der Waals surface area contributed by atoms with Crippen molar-refractivity contribution in [2.24, 2.45) is 0 Å². The number of rotatable bonds is 5. The Morgan fingerprint density at radius 3 is 2.56 bits per heavy atom. The third-order valence-corrected chi connectivity index (χ3v) is 10.1. The number of carbonyl (C=O) groups is 4.